The molecule has 2 N–H and O–H groups in total. The summed E-state index contributed by atoms with van der Waals surface area (Å²) in [5.41, 5.74) is 0.583. The third-order valence-corrected chi connectivity index (χ3v) is 2.48. The fourth-order valence-corrected chi connectivity index (χ4v) is 1.93. The quantitative estimate of drug-likeness (QED) is 0.730. The molecule has 2 amide bonds. The van der Waals surface area contributed by atoms with Gasteiger partial charge < -0.3 is 10.6 Å². The second-order valence-electron chi connectivity index (χ2n) is 3.04. The maximum Gasteiger partial charge on any atom is 0.255 e. The molecule has 4 nitrogen and oxygen atoms in total. The van der Waals surface area contributed by atoms with Gasteiger partial charge in [-0.3, -0.25) is 9.59 Å². The molecule has 0 bridgehead atoms. The van der Waals surface area contributed by atoms with Crippen molar-refractivity contribution >= 4 is 40.7 Å². The second-order valence-corrected chi connectivity index (χ2v) is 3.88. The molecule has 0 unspecified atom stereocenters. The summed E-state index contributed by atoms with van der Waals surface area (Å²) < 4.78 is 0. The molecule has 78 valence electrons. The molecule has 0 saturated carbocycles. The van der Waals surface area contributed by atoms with E-state index in [2.05, 4.69) is 10.6 Å². The van der Waals surface area contributed by atoms with Crippen LogP contribution in [0, 0.1) is 0 Å². The molecular weight excluding hydrogens is 239 g/mol. The van der Waals surface area contributed by atoms with Gasteiger partial charge in [-0.05, 0) is 12.1 Å². The molecule has 2 rings (SSSR count). The predicted octanol–water partition coefficient (Wildman–Crippen LogP) is 1.68. The molecule has 0 aliphatic carbocycles. The summed E-state index contributed by atoms with van der Waals surface area (Å²) in [6.45, 7) is -0.0680. The maximum absolute atomic E-state index is 11.6. The molecule has 1 aliphatic heterocycles. The van der Waals surface area contributed by atoms with Crippen molar-refractivity contribution in [2.45, 2.75) is 0 Å². The molecule has 0 aromatic heterocycles. The molecule has 0 spiro atoms. The van der Waals surface area contributed by atoms with Gasteiger partial charge in [0, 0.05) is 5.02 Å². The average Bonchev–Trinajstić information content (AvgIpc) is 2.25. The van der Waals surface area contributed by atoms with E-state index in [-0.39, 0.29) is 28.9 Å². The van der Waals surface area contributed by atoms with Crippen LogP contribution in [0.1, 0.15) is 10.4 Å². The third-order valence-electron chi connectivity index (χ3n) is 1.97. The van der Waals surface area contributed by atoms with Gasteiger partial charge >= 0.3 is 0 Å². The van der Waals surface area contributed by atoms with Crippen molar-refractivity contribution in [1.29, 1.82) is 0 Å². The Balaban J connectivity index is 2.61. The zero-order valence-electron chi connectivity index (χ0n) is 7.43. The van der Waals surface area contributed by atoms with Gasteiger partial charge in [-0.2, -0.15) is 0 Å². The molecule has 15 heavy (non-hydrogen) atoms. The lowest BCUT2D eigenvalue weighted by molar-refractivity contribution is -0.115. The SMILES string of the molecule is O=C1CNC(=O)c2c(Cl)cc(Cl)cc2N1. The fourth-order valence-electron chi connectivity index (χ4n) is 1.35. The summed E-state index contributed by atoms with van der Waals surface area (Å²) in [7, 11) is 0. The van der Waals surface area contributed by atoms with Crippen molar-refractivity contribution in [3.8, 4) is 0 Å². The molecule has 6 heteroatoms. The van der Waals surface area contributed by atoms with E-state index in [1.807, 2.05) is 0 Å². The standard InChI is InChI=1S/C9H6Cl2N2O2/c10-4-1-5(11)8-6(2-4)13-7(14)3-12-9(8)15/h1-2H,3H2,(H,12,15)(H,13,14). The summed E-state index contributed by atoms with van der Waals surface area (Å²) >= 11 is 11.6. The number of fused-ring (bicyclic) bond motifs is 1. The predicted molar refractivity (Wildman–Crippen MR) is 57.4 cm³/mol. The first kappa shape index (κ1) is 10.3. The van der Waals surface area contributed by atoms with Crippen LogP contribution in [-0.2, 0) is 4.79 Å². The van der Waals surface area contributed by atoms with Gasteiger partial charge in [0.05, 0.1) is 22.8 Å². The van der Waals surface area contributed by atoms with Crippen LogP contribution in [-0.4, -0.2) is 18.4 Å². The van der Waals surface area contributed by atoms with Crippen molar-refractivity contribution in [2.24, 2.45) is 0 Å². The Bertz CT molecular complexity index is 460. The van der Waals surface area contributed by atoms with Crippen molar-refractivity contribution in [3.05, 3.63) is 27.7 Å². The maximum atomic E-state index is 11.6. The van der Waals surface area contributed by atoms with E-state index in [1.54, 1.807) is 0 Å². The minimum atomic E-state index is -0.384. The van der Waals surface area contributed by atoms with E-state index in [4.69, 9.17) is 23.2 Å². The zero-order valence-corrected chi connectivity index (χ0v) is 8.95. The molecule has 0 atom stereocenters. The number of amides is 2. The zero-order chi connectivity index (χ0) is 11.0. The largest absolute Gasteiger partial charge is 0.343 e. The lowest BCUT2D eigenvalue weighted by Gasteiger charge is -2.07. The summed E-state index contributed by atoms with van der Waals surface area (Å²) in [5, 5.41) is 5.56. The molecule has 1 heterocycles. The second kappa shape index (κ2) is 3.72. The Morgan fingerprint density at radius 1 is 1.20 bits per heavy atom. The van der Waals surface area contributed by atoms with Gasteiger partial charge in [0.1, 0.15) is 0 Å². The van der Waals surface area contributed by atoms with Crippen molar-refractivity contribution in [3.63, 3.8) is 0 Å². The molecular formula is C9H6Cl2N2O2. The van der Waals surface area contributed by atoms with Crippen LogP contribution in [0.15, 0.2) is 12.1 Å². The first-order chi connectivity index (χ1) is 7.08. The number of carbonyl (C=O) groups is 2. The highest BCUT2D eigenvalue weighted by Gasteiger charge is 2.22. The van der Waals surface area contributed by atoms with Crippen molar-refractivity contribution < 1.29 is 9.59 Å². The Morgan fingerprint density at radius 3 is 2.67 bits per heavy atom. The molecule has 1 aromatic carbocycles. The molecule has 0 radical (unpaired) electrons. The van der Waals surface area contributed by atoms with Gasteiger partial charge in [-0.1, -0.05) is 23.2 Å². The van der Waals surface area contributed by atoms with Gasteiger partial charge in [-0.25, -0.2) is 0 Å². The monoisotopic (exact) mass is 244 g/mol. The summed E-state index contributed by atoms with van der Waals surface area (Å²) in [6, 6.07) is 2.95. The molecule has 0 saturated heterocycles. The van der Waals surface area contributed by atoms with E-state index in [9.17, 15) is 9.59 Å². The van der Waals surface area contributed by atoms with Crippen molar-refractivity contribution in [2.75, 3.05) is 11.9 Å². The Labute approximate surface area is 95.5 Å². The average molecular weight is 245 g/mol. The van der Waals surface area contributed by atoms with Crippen LogP contribution in [0.4, 0.5) is 5.69 Å². The lowest BCUT2D eigenvalue weighted by atomic mass is 10.1. The van der Waals surface area contributed by atoms with Gasteiger partial charge in [0.15, 0.2) is 0 Å². The van der Waals surface area contributed by atoms with Crippen molar-refractivity contribution in [1.82, 2.24) is 5.32 Å². The van der Waals surface area contributed by atoms with Gasteiger partial charge in [0.2, 0.25) is 5.91 Å². The minimum absolute atomic E-state index is 0.0680. The number of carbonyl (C=O) groups excluding carboxylic acids is 2. The number of rotatable bonds is 0. The summed E-state index contributed by atoms with van der Waals surface area (Å²) in [5.74, 6) is -0.689. The highest BCUT2D eigenvalue weighted by Crippen LogP contribution is 2.29. The smallest absolute Gasteiger partial charge is 0.255 e. The van der Waals surface area contributed by atoms with Crippen LogP contribution in [0.2, 0.25) is 10.0 Å². The van der Waals surface area contributed by atoms with E-state index >= 15 is 0 Å². The van der Waals surface area contributed by atoms with Crippen LogP contribution in [0.3, 0.4) is 0 Å². The summed E-state index contributed by atoms with van der Waals surface area (Å²) in [6.07, 6.45) is 0. The number of hydrogen-bond donors (Lipinski definition) is 2. The minimum Gasteiger partial charge on any atom is -0.343 e. The fraction of sp³-hybridized carbons (Fsp3) is 0.111. The number of benzene rings is 1. The highest BCUT2D eigenvalue weighted by molar-refractivity contribution is 6.38. The number of hydrogen-bond acceptors (Lipinski definition) is 2. The van der Waals surface area contributed by atoms with Gasteiger partial charge in [0.25, 0.3) is 5.91 Å². The van der Waals surface area contributed by atoms with Crippen LogP contribution >= 0.6 is 23.2 Å². The Kier molecular flexibility index (Phi) is 2.54. The molecule has 1 aromatic rings. The van der Waals surface area contributed by atoms with Gasteiger partial charge in [-0.15, -0.1) is 0 Å². The van der Waals surface area contributed by atoms with E-state index in [0.717, 1.165) is 0 Å². The number of nitrogens with one attached hydrogen (secondary N) is 2. The van der Waals surface area contributed by atoms with E-state index in [0.29, 0.717) is 10.7 Å². The Hall–Kier alpha value is -1.26. The lowest BCUT2D eigenvalue weighted by Crippen LogP contribution is -2.28. The number of anilines is 1. The highest BCUT2D eigenvalue weighted by atomic mass is 35.5. The van der Waals surface area contributed by atoms with Crippen LogP contribution in [0.25, 0.3) is 0 Å². The first-order valence-corrected chi connectivity index (χ1v) is 4.90. The normalized spacial score (nSPS) is 15.1. The molecule has 1 aliphatic rings. The third kappa shape index (κ3) is 1.91. The first-order valence-electron chi connectivity index (χ1n) is 4.15. The van der Waals surface area contributed by atoms with Crippen LogP contribution in [0.5, 0.6) is 0 Å². The van der Waals surface area contributed by atoms with E-state index < -0.39 is 0 Å². The van der Waals surface area contributed by atoms with Crippen LogP contribution < -0.4 is 10.6 Å². The summed E-state index contributed by atoms with van der Waals surface area (Å²) in [4.78, 5) is 22.8. The van der Waals surface area contributed by atoms with E-state index in [1.165, 1.54) is 12.1 Å². The number of halogens is 2. The topological polar surface area (TPSA) is 58.2 Å². The Morgan fingerprint density at radius 2 is 1.93 bits per heavy atom. The molecule has 0 fully saturated rings.